The molecule has 0 bridgehead atoms. The number of hydrogen-bond donors (Lipinski definition) is 1. The van der Waals surface area contributed by atoms with Crippen LogP contribution in [0.1, 0.15) is 32.6 Å². The van der Waals surface area contributed by atoms with Crippen molar-refractivity contribution in [1.29, 1.82) is 0 Å². The van der Waals surface area contributed by atoms with Gasteiger partial charge in [0.05, 0.1) is 11.5 Å². The van der Waals surface area contributed by atoms with Crippen LogP contribution in [0.4, 0.5) is 0 Å². The monoisotopic (exact) mass is 249 g/mol. The van der Waals surface area contributed by atoms with E-state index in [0.29, 0.717) is 18.1 Å². The Kier molecular flexibility index (Phi) is 5.72. The van der Waals surface area contributed by atoms with Gasteiger partial charge in [0, 0.05) is 19.2 Å². The van der Waals surface area contributed by atoms with Gasteiger partial charge in [0.15, 0.2) is 9.84 Å². The highest BCUT2D eigenvalue weighted by atomic mass is 32.2. The van der Waals surface area contributed by atoms with E-state index in [-0.39, 0.29) is 12.6 Å². The van der Waals surface area contributed by atoms with Crippen molar-refractivity contribution in [3.05, 3.63) is 0 Å². The maximum Gasteiger partial charge on any atom is 0.153 e. The van der Waals surface area contributed by atoms with Crippen LogP contribution in [0.25, 0.3) is 0 Å². The molecule has 0 radical (unpaired) electrons. The Balaban J connectivity index is 2.18. The molecule has 1 atom stereocenters. The molecule has 1 N–H and O–H groups in total. The Hall–Kier alpha value is -0.130. The molecule has 5 heteroatoms. The van der Waals surface area contributed by atoms with Crippen LogP contribution in [0.3, 0.4) is 0 Å². The van der Waals surface area contributed by atoms with E-state index in [4.69, 9.17) is 5.11 Å². The fourth-order valence-electron chi connectivity index (χ4n) is 2.15. The summed E-state index contributed by atoms with van der Waals surface area (Å²) in [6.45, 7) is 3.94. The first-order chi connectivity index (χ1) is 7.55. The van der Waals surface area contributed by atoms with Gasteiger partial charge in [-0.2, -0.15) is 0 Å². The van der Waals surface area contributed by atoms with Crippen molar-refractivity contribution >= 4 is 9.84 Å². The summed E-state index contributed by atoms with van der Waals surface area (Å²) in [5, 5.41) is 8.64. The van der Waals surface area contributed by atoms with Crippen molar-refractivity contribution < 1.29 is 13.5 Å². The van der Waals surface area contributed by atoms with Crippen LogP contribution in [0.15, 0.2) is 0 Å². The third kappa shape index (κ3) is 4.80. The molecule has 1 saturated heterocycles. The number of nitrogens with zero attached hydrogens (tertiary/aromatic N) is 1. The second-order valence-electron chi connectivity index (χ2n) is 4.64. The minimum absolute atomic E-state index is 0.164. The van der Waals surface area contributed by atoms with Gasteiger partial charge in [-0.15, -0.1) is 0 Å². The Labute approximate surface area is 98.6 Å². The van der Waals surface area contributed by atoms with E-state index in [9.17, 15) is 8.42 Å². The smallest absolute Gasteiger partial charge is 0.153 e. The van der Waals surface area contributed by atoms with Gasteiger partial charge >= 0.3 is 0 Å². The largest absolute Gasteiger partial charge is 0.396 e. The van der Waals surface area contributed by atoms with Gasteiger partial charge in [-0.1, -0.05) is 12.8 Å². The fourth-order valence-corrected chi connectivity index (χ4v) is 3.77. The number of aliphatic hydroxyl groups is 1. The van der Waals surface area contributed by atoms with Crippen molar-refractivity contribution in [2.75, 3.05) is 31.2 Å². The third-order valence-electron chi connectivity index (χ3n) is 3.16. The average molecular weight is 249 g/mol. The molecule has 16 heavy (non-hydrogen) atoms. The lowest BCUT2D eigenvalue weighted by molar-refractivity contribution is 0.219. The van der Waals surface area contributed by atoms with Crippen molar-refractivity contribution in [1.82, 2.24) is 4.90 Å². The molecule has 0 aromatic carbocycles. The Morgan fingerprint density at radius 3 is 2.56 bits per heavy atom. The van der Waals surface area contributed by atoms with Crippen molar-refractivity contribution in [2.24, 2.45) is 0 Å². The predicted molar refractivity (Wildman–Crippen MR) is 65.2 cm³/mol. The van der Waals surface area contributed by atoms with Crippen molar-refractivity contribution in [2.45, 2.75) is 38.6 Å². The van der Waals surface area contributed by atoms with Gasteiger partial charge in [0.25, 0.3) is 0 Å². The number of aliphatic hydroxyl groups excluding tert-OH is 1. The third-order valence-corrected chi connectivity index (χ3v) is 4.96. The second-order valence-corrected chi connectivity index (χ2v) is 6.87. The van der Waals surface area contributed by atoms with Crippen LogP contribution in [0.5, 0.6) is 0 Å². The first kappa shape index (κ1) is 13.9. The zero-order valence-electron chi connectivity index (χ0n) is 10.1. The number of hydrogen-bond acceptors (Lipinski definition) is 4. The van der Waals surface area contributed by atoms with Crippen molar-refractivity contribution in [3.63, 3.8) is 0 Å². The highest BCUT2D eigenvalue weighted by Crippen LogP contribution is 2.12. The van der Waals surface area contributed by atoms with E-state index in [1.165, 1.54) is 0 Å². The summed E-state index contributed by atoms with van der Waals surface area (Å²) in [6.07, 6.45) is 4.17. The maximum absolute atomic E-state index is 11.4. The van der Waals surface area contributed by atoms with Gasteiger partial charge in [-0.3, -0.25) is 4.90 Å². The van der Waals surface area contributed by atoms with Crippen LogP contribution < -0.4 is 0 Å². The van der Waals surface area contributed by atoms with Gasteiger partial charge < -0.3 is 5.11 Å². The topological polar surface area (TPSA) is 57.6 Å². The van der Waals surface area contributed by atoms with E-state index in [1.807, 2.05) is 6.92 Å². The summed E-state index contributed by atoms with van der Waals surface area (Å²) in [6, 6.07) is 0.164. The predicted octanol–water partition coefficient (Wildman–Crippen LogP) is 0.658. The molecular weight excluding hydrogens is 226 g/mol. The summed E-state index contributed by atoms with van der Waals surface area (Å²) < 4.78 is 22.7. The highest BCUT2D eigenvalue weighted by molar-refractivity contribution is 7.91. The zero-order valence-corrected chi connectivity index (χ0v) is 10.9. The van der Waals surface area contributed by atoms with Crippen molar-refractivity contribution in [3.8, 4) is 0 Å². The molecular formula is C11H23NO3S. The number of unbranched alkanes of at least 4 members (excludes halogenated alkanes) is 3. The lowest BCUT2D eigenvalue weighted by Gasteiger charge is -2.33. The van der Waals surface area contributed by atoms with E-state index in [2.05, 4.69) is 4.90 Å². The van der Waals surface area contributed by atoms with E-state index < -0.39 is 9.84 Å². The standard InChI is InChI=1S/C11H23NO3S/c1-11-10-16(14,15)9-7-12(11)6-4-2-3-5-8-13/h11,13H,2-10H2,1H3. The van der Waals surface area contributed by atoms with E-state index >= 15 is 0 Å². The normalized spacial score (nSPS) is 25.8. The SMILES string of the molecule is CC1CS(=O)(=O)CCN1CCCCCCO. The van der Waals surface area contributed by atoms with Crippen LogP contribution in [-0.2, 0) is 9.84 Å². The summed E-state index contributed by atoms with van der Waals surface area (Å²) in [5.74, 6) is 0.623. The van der Waals surface area contributed by atoms with Gasteiger partial charge in [0.2, 0.25) is 0 Å². The molecule has 1 rings (SSSR count). The Morgan fingerprint density at radius 1 is 1.25 bits per heavy atom. The number of rotatable bonds is 6. The molecule has 1 aliphatic heterocycles. The molecule has 0 aromatic heterocycles. The molecule has 0 saturated carbocycles. The fraction of sp³-hybridized carbons (Fsp3) is 1.00. The second kappa shape index (κ2) is 6.57. The van der Waals surface area contributed by atoms with E-state index in [0.717, 1.165) is 32.2 Å². The molecule has 0 aliphatic carbocycles. The minimum Gasteiger partial charge on any atom is -0.396 e. The van der Waals surface area contributed by atoms with Gasteiger partial charge in [-0.25, -0.2) is 8.42 Å². The quantitative estimate of drug-likeness (QED) is 0.703. The lowest BCUT2D eigenvalue weighted by atomic mass is 10.2. The number of sulfone groups is 1. The maximum atomic E-state index is 11.4. The molecule has 1 aliphatic rings. The lowest BCUT2D eigenvalue weighted by Crippen LogP contribution is -2.47. The van der Waals surface area contributed by atoms with Gasteiger partial charge in [0.1, 0.15) is 0 Å². The summed E-state index contributed by atoms with van der Waals surface area (Å²) in [7, 11) is -2.78. The van der Waals surface area contributed by atoms with E-state index in [1.54, 1.807) is 0 Å². The zero-order chi connectivity index (χ0) is 12.0. The van der Waals surface area contributed by atoms with Gasteiger partial charge in [-0.05, 0) is 26.3 Å². The molecule has 1 unspecified atom stereocenters. The van der Waals surface area contributed by atoms with Crippen LogP contribution in [0, 0.1) is 0 Å². The highest BCUT2D eigenvalue weighted by Gasteiger charge is 2.27. The first-order valence-corrected chi connectivity index (χ1v) is 7.92. The summed E-state index contributed by atoms with van der Waals surface area (Å²) in [4.78, 5) is 2.26. The first-order valence-electron chi connectivity index (χ1n) is 6.10. The van der Waals surface area contributed by atoms with Crippen LogP contribution in [-0.4, -0.2) is 55.7 Å². The average Bonchev–Trinajstić information content (AvgIpc) is 2.20. The van der Waals surface area contributed by atoms with Crippen LogP contribution >= 0.6 is 0 Å². The summed E-state index contributed by atoms with van der Waals surface area (Å²) >= 11 is 0. The summed E-state index contributed by atoms with van der Waals surface area (Å²) in [5.41, 5.74) is 0. The molecule has 0 amide bonds. The molecule has 96 valence electrons. The molecule has 1 fully saturated rings. The molecule has 0 aromatic rings. The molecule has 1 heterocycles. The molecule has 0 spiro atoms. The van der Waals surface area contributed by atoms with Crippen LogP contribution in [0.2, 0.25) is 0 Å². The minimum atomic E-state index is -2.78. The Morgan fingerprint density at radius 2 is 1.94 bits per heavy atom. The molecule has 4 nitrogen and oxygen atoms in total. The Bertz CT molecular complexity index is 290.